The van der Waals surface area contributed by atoms with Crippen molar-refractivity contribution in [3.05, 3.63) is 36.7 Å². The lowest BCUT2D eigenvalue weighted by atomic mass is 9.80. The average Bonchev–Trinajstić information content (AvgIpc) is 2.88. The first-order valence-electron chi connectivity index (χ1n) is 5.37. The van der Waals surface area contributed by atoms with E-state index in [4.69, 9.17) is 19.2 Å². The molecule has 7 heteroatoms. The Hall–Kier alpha value is -1.44. The molecule has 0 atom stereocenters. The predicted octanol–water partition coefficient (Wildman–Crippen LogP) is 0.525. The summed E-state index contributed by atoms with van der Waals surface area (Å²) in [5.41, 5.74) is 0.441. The van der Waals surface area contributed by atoms with Gasteiger partial charge in [-0.05, 0) is 17.6 Å². The molecule has 0 radical (unpaired) electrons. The number of rotatable bonds is 6. The summed E-state index contributed by atoms with van der Waals surface area (Å²) in [7, 11) is -1.44. The summed E-state index contributed by atoms with van der Waals surface area (Å²) in [6.07, 6.45) is 3.13. The molecule has 0 bridgehead atoms. The van der Waals surface area contributed by atoms with E-state index < -0.39 is 7.12 Å². The first kappa shape index (κ1) is 13.0. The van der Waals surface area contributed by atoms with Gasteiger partial charge in [0, 0.05) is 5.75 Å². The lowest BCUT2D eigenvalue weighted by Crippen LogP contribution is -2.29. The standard InChI is InChI=1S/C11H12BNO4S/c14-12(15)9-1-3-10(4-2-9)16-7-8-18-11-13-5-6-17-11/h1-6,14-15H,7-8H2. The quantitative estimate of drug-likeness (QED) is 0.450. The Kier molecular flexibility index (Phi) is 4.69. The third-order valence-electron chi connectivity index (χ3n) is 2.17. The van der Waals surface area contributed by atoms with Crippen LogP contribution in [0.3, 0.4) is 0 Å². The van der Waals surface area contributed by atoms with Crippen LogP contribution in [0.15, 0.2) is 46.4 Å². The molecule has 0 spiro atoms. The van der Waals surface area contributed by atoms with Gasteiger partial charge in [-0.15, -0.1) is 0 Å². The highest BCUT2D eigenvalue weighted by Gasteiger charge is 2.09. The third kappa shape index (κ3) is 3.80. The number of aromatic nitrogens is 1. The summed E-state index contributed by atoms with van der Waals surface area (Å²) in [5.74, 6) is 1.41. The fourth-order valence-corrected chi connectivity index (χ4v) is 1.91. The van der Waals surface area contributed by atoms with Gasteiger partial charge >= 0.3 is 7.12 Å². The molecule has 0 saturated carbocycles. The summed E-state index contributed by atoms with van der Waals surface area (Å²) in [6.45, 7) is 0.522. The van der Waals surface area contributed by atoms with E-state index in [2.05, 4.69) is 4.98 Å². The van der Waals surface area contributed by atoms with Crippen molar-refractivity contribution in [3.8, 4) is 5.75 Å². The molecule has 94 valence electrons. The van der Waals surface area contributed by atoms with Crippen molar-refractivity contribution in [1.29, 1.82) is 0 Å². The zero-order chi connectivity index (χ0) is 12.8. The minimum absolute atomic E-state index is 0.441. The molecule has 0 aliphatic carbocycles. The van der Waals surface area contributed by atoms with Gasteiger partial charge in [-0.25, -0.2) is 4.98 Å². The molecule has 1 heterocycles. The van der Waals surface area contributed by atoms with E-state index in [9.17, 15) is 0 Å². The molecule has 0 aliphatic rings. The van der Waals surface area contributed by atoms with Crippen LogP contribution in [0.5, 0.6) is 5.75 Å². The van der Waals surface area contributed by atoms with Crippen molar-refractivity contribution in [2.75, 3.05) is 12.4 Å². The van der Waals surface area contributed by atoms with E-state index in [1.165, 1.54) is 18.0 Å². The number of ether oxygens (including phenoxy) is 1. The molecule has 0 aliphatic heterocycles. The van der Waals surface area contributed by atoms with Crippen LogP contribution in [0.4, 0.5) is 0 Å². The maximum atomic E-state index is 8.93. The van der Waals surface area contributed by atoms with Crippen LogP contribution in [-0.2, 0) is 0 Å². The third-order valence-corrected chi connectivity index (χ3v) is 2.98. The van der Waals surface area contributed by atoms with Gasteiger partial charge < -0.3 is 19.2 Å². The van der Waals surface area contributed by atoms with Crippen molar-refractivity contribution < 1.29 is 19.2 Å². The first-order chi connectivity index (χ1) is 8.75. The second kappa shape index (κ2) is 6.48. The maximum absolute atomic E-state index is 8.93. The fourth-order valence-electron chi connectivity index (χ4n) is 1.31. The Morgan fingerprint density at radius 2 is 2.06 bits per heavy atom. The molecule has 2 N–H and O–H groups in total. The largest absolute Gasteiger partial charge is 0.493 e. The number of nitrogens with zero attached hydrogens (tertiary/aromatic N) is 1. The SMILES string of the molecule is OB(O)c1ccc(OCCSc2ncco2)cc1. The normalized spacial score (nSPS) is 10.3. The van der Waals surface area contributed by atoms with Gasteiger partial charge in [0.25, 0.3) is 5.22 Å². The first-order valence-corrected chi connectivity index (χ1v) is 6.35. The summed E-state index contributed by atoms with van der Waals surface area (Å²) >= 11 is 1.47. The Balaban J connectivity index is 1.73. The predicted molar refractivity (Wildman–Crippen MR) is 69.0 cm³/mol. The highest BCUT2D eigenvalue weighted by Crippen LogP contribution is 2.15. The van der Waals surface area contributed by atoms with E-state index in [-0.39, 0.29) is 0 Å². The molecule has 0 saturated heterocycles. The van der Waals surface area contributed by atoms with E-state index >= 15 is 0 Å². The maximum Gasteiger partial charge on any atom is 0.488 e. The number of oxazole rings is 1. The van der Waals surface area contributed by atoms with Crippen LogP contribution < -0.4 is 10.2 Å². The Morgan fingerprint density at radius 3 is 2.67 bits per heavy atom. The van der Waals surface area contributed by atoms with Gasteiger partial charge in [0.15, 0.2) is 0 Å². The van der Waals surface area contributed by atoms with Crippen LogP contribution in [0.25, 0.3) is 0 Å². The van der Waals surface area contributed by atoms with Crippen LogP contribution >= 0.6 is 11.8 Å². The van der Waals surface area contributed by atoms with Gasteiger partial charge in [0.1, 0.15) is 12.0 Å². The number of thioether (sulfide) groups is 1. The summed E-state index contributed by atoms with van der Waals surface area (Å²) in [6, 6.07) is 6.62. The van der Waals surface area contributed by atoms with Crippen LogP contribution in [-0.4, -0.2) is 34.5 Å². The van der Waals surface area contributed by atoms with E-state index in [1.807, 2.05) is 0 Å². The van der Waals surface area contributed by atoms with Gasteiger partial charge in [-0.1, -0.05) is 23.9 Å². The lowest BCUT2D eigenvalue weighted by Gasteiger charge is -2.06. The average molecular weight is 265 g/mol. The van der Waals surface area contributed by atoms with Crippen LogP contribution in [0.2, 0.25) is 0 Å². The van der Waals surface area contributed by atoms with Crippen molar-refractivity contribution in [2.24, 2.45) is 0 Å². The van der Waals surface area contributed by atoms with Crippen LogP contribution in [0.1, 0.15) is 0 Å². The minimum atomic E-state index is -1.44. The molecule has 1 aromatic carbocycles. The molecule has 18 heavy (non-hydrogen) atoms. The van der Waals surface area contributed by atoms with E-state index in [1.54, 1.807) is 30.5 Å². The molecule has 0 fully saturated rings. The highest BCUT2D eigenvalue weighted by molar-refractivity contribution is 7.99. The smallest absolute Gasteiger partial charge is 0.488 e. The molecular weight excluding hydrogens is 253 g/mol. The van der Waals surface area contributed by atoms with Gasteiger partial charge in [0.2, 0.25) is 0 Å². The molecule has 0 unspecified atom stereocenters. The van der Waals surface area contributed by atoms with Gasteiger partial charge in [0.05, 0.1) is 12.8 Å². The Morgan fingerprint density at radius 1 is 1.28 bits per heavy atom. The highest BCUT2D eigenvalue weighted by atomic mass is 32.2. The second-order valence-electron chi connectivity index (χ2n) is 3.44. The van der Waals surface area contributed by atoms with Crippen molar-refractivity contribution >= 4 is 24.3 Å². The Bertz CT molecular complexity index is 460. The van der Waals surface area contributed by atoms with E-state index in [0.29, 0.717) is 23.0 Å². The summed E-state index contributed by atoms with van der Waals surface area (Å²) in [5, 5.41) is 18.5. The van der Waals surface area contributed by atoms with Crippen LogP contribution in [0, 0.1) is 0 Å². The van der Waals surface area contributed by atoms with Crippen molar-refractivity contribution in [3.63, 3.8) is 0 Å². The molecule has 2 rings (SSSR count). The van der Waals surface area contributed by atoms with E-state index in [0.717, 1.165) is 5.75 Å². The number of hydrogen-bond acceptors (Lipinski definition) is 6. The summed E-state index contributed by atoms with van der Waals surface area (Å²) < 4.78 is 10.6. The fraction of sp³-hybridized carbons (Fsp3) is 0.182. The number of hydrogen-bond donors (Lipinski definition) is 2. The van der Waals surface area contributed by atoms with Gasteiger partial charge in [-0.3, -0.25) is 0 Å². The summed E-state index contributed by atoms with van der Waals surface area (Å²) in [4.78, 5) is 3.98. The lowest BCUT2D eigenvalue weighted by molar-refractivity contribution is 0.343. The molecular formula is C11H12BNO4S. The Labute approximate surface area is 109 Å². The van der Waals surface area contributed by atoms with Crippen molar-refractivity contribution in [1.82, 2.24) is 4.98 Å². The topological polar surface area (TPSA) is 75.7 Å². The number of benzene rings is 1. The molecule has 1 aromatic heterocycles. The zero-order valence-electron chi connectivity index (χ0n) is 9.52. The second-order valence-corrected chi connectivity index (χ2v) is 4.48. The molecule has 5 nitrogen and oxygen atoms in total. The van der Waals surface area contributed by atoms with Gasteiger partial charge in [-0.2, -0.15) is 0 Å². The zero-order valence-corrected chi connectivity index (χ0v) is 10.3. The monoisotopic (exact) mass is 265 g/mol. The van der Waals surface area contributed by atoms with Crippen molar-refractivity contribution in [2.45, 2.75) is 5.22 Å². The molecule has 2 aromatic rings. The minimum Gasteiger partial charge on any atom is -0.493 e. The molecule has 0 amide bonds.